The van der Waals surface area contributed by atoms with Gasteiger partial charge in [0.05, 0.1) is 17.8 Å². The fraction of sp³-hybridized carbons (Fsp3) is 0.429. The van der Waals surface area contributed by atoms with Gasteiger partial charge < -0.3 is 10.1 Å². The second kappa shape index (κ2) is 6.33. The number of hydrogen-bond acceptors (Lipinski definition) is 3. The Labute approximate surface area is 112 Å². The topological polar surface area (TPSA) is 67.0 Å². The summed E-state index contributed by atoms with van der Waals surface area (Å²) < 4.78 is 5.41. The number of ether oxygens (including phenoxy) is 1. The molecule has 0 aliphatic rings. The Morgan fingerprint density at radius 1 is 1.47 bits per heavy atom. The molecule has 0 fully saturated rings. The third kappa shape index (κ3) is 3.79. The van der Waals surface area contributed by atoms with E-state index in [9.17, 15) is 4.79 Å². The lowest BCUT2D eigenvalue weighted by Crippen LogP contribution is -2.25. The second-order valence-corrected chi connectivity index (χ2v) is 4.70. The van der Waals surface area contributed by atoms with Gasteiger partial charge in [-0.2, -0.15) is 5.10 Å². The van der Waals surface area contributed by atoms with Crippen LogP contribution in [-0.4, -0.2) is 35.4 Å². The van der Waals surface area contributed by atoms with Gasteiger partial charge in [0.2, 0.25) is 0 Å². The van der Waals surface area contributed by atoms with Crippen LogP contribution in [0.2, 0.25) is 0 Å². The van der Waals surface area contributed by atoms with Crippen molar-refractivity contribution >= 4 is 16.8 Å². The van der Waals surface area contributed by atoms with Crippen molar-refractivity contribution < 1.29 is 9.53 Å². The molecule has 0 saturated heterocycles. The first-order valence-electron chi connectivity index (χ1n) is 6.50. The third-order valence-corrected chi connectivity index (χ3v) is 2.76. The molecule has 0 radical (unpaired) electrons. The van der Waals surface area contributed by atoms with Crippen LogP contribution in [0.3, 0.4) is 0 Å². The van der Waals surface area contributed by atoms with Crippen LogP contribution in [0.15, 0.2) is 24.4 Å². The number of hydrogen-bond donors (Lipinski definition) is 2. The molecule has 0 spiro atoms. The summed E-state index contributed by atoms with van der Waals surface area (Å²) in [4.78, 5) is 11.9. The number of H-pyrrole nitrogens is 1. The summed E-state index contributed by atoms with van der Waals surface area (Å²) in [6.07, 6.45) is 2.79. The maximum atomic E-state index is 11.9. The van der Waals surface area contributed by atoms with Crippen LogP contribution in [0.1, 0.15) is 30.6 Å². The molecule has 0 aliphatic carbocycles. The lowest BCUT2D eigenvalue weighted by molar-refractivity contribution is 0.0757. The van der Waals surface area contributed by atoms with Crippen molar-refractivity contribution in [3.63, 3.8) is 0 Å². The van der Waals surface area contributed by atoms with E-state index < -0.39 is 0 Å². The van der Waals surface area contributed by atoms with E-state index in [1.54, 1.807) is 12.3 Å². The van der Waals surface area contributed by atoms with E-state index >= 15 is 0 Å². The lowest BCUT2D eigenvalue weighted by atomic mass is 10.1. The highest BCUT2D eigenvalue weighted by Gasteiger charge is 2.06. The first-order valence-corrected chi connectivity index (χ1v) is 6.50. The Bertz CT molecular complexity index is 548. The van der Waals surface area contributed by atoms with Gasteiger partial charge in [0.25, 0.3) is 5.91 Å². The highest BCUT2D eigenvalue weighted by molar-refractivity contribution is 5.97. The van der Waals surface area contributed by atoms with Crippen molar-refractivity contribution in [1.82, 2.24) is 15.5 Å². The normalized spacial score (nSPS) is 11.1. The number of benzene rings is 1. The fourth-order valence-electron chi connectivity index (χ4n) is 1.77. The van der Waals surface area contributed by atoms with E-state index in [1.807, 2.05) is 26.0 Å². The van der Waals surface area contributed by atoms with Crippen molar-refractivity contribution in [2.24, 2.45) is 0 Å². The van der Waals surface area contributed by atoms with E-state index in [-0.39, 0.29) is 12.0 Å². The van der Waals surface area contributed by atoms with Gasteiger partial charge in [0.1, 0.15) is 0 Å². The number of amides is 1. The van der Waals surface area contributed by atoms with Crippen molar-refractivity contribution in [2.45, 2.75) is 26.4 Å². The molecule has 102 valence electrons. The average molecular weight is 261 g/mol. The van der Waals surface area contributed by atoms with Crippen molar-refractivity contribution in [2.75, 3.05) is 13.2 Å². The molecule has 1 aromatic carbocycles. The van der Waals surface area contributed by atoms with Gasteiger partial charge in [-0.1, -0.05) is 6.07 Å². The van der Waals surface area contributed by atoms with Crippen LogP contribution in [0.4, 0.5) is 0 Å². The zero-order valence-electron chi connectivity index (χ0n) is 11.3. The molecule has 0 unspecified atom stereocenters. The molecule has 1 heterocycles. The second-order valence-electron chi connectivity index (χ2n) is 4.70. The molecular weight excluding hydrogens is 242 g/mol. The largest absolute Gasteiger partial charge is 0.379 e. The Morgan fingerprint density at radius 2 is 2.32 bits per heavy atom. The molecule has 0 saturated carbocycles. The van der Waals surface area contributed by atoms with Gasteiger partial charge in [0.15, 0.2) is 0 Å². The third-order valence-electron chi connectivity index (χ3n) is 2.76. The fourth-order valence-corrected chi connectivity index (χ4v) is 1.77. The zero-order chi connectivity index (χ0) is 13.7. The zero-order valence-corrected chi connectivity index (χ0v) is 11.3. The number of carbonyl (C=O) groups excluding carboxylic acids is 1. The molecule has 2 N–H and O–H groups in total. The van der Waals surface area contributed by atoms with Crippen LogP contribution in [0.5, 0.6) is 0 Å². The molecule has 2 aromatic rings. The summed E-state index contributed by atoms with van der Waals surface area (Å²) in [5.41, 5.74) is 1.51. The first kappa shape index (κ1) is 13.5. The first-order chi connectivity index (χ1) is 9.16. The molecule has 0 aliphatic heterocycles. The number of nitrogens with one attached hydrogen (secondary N) is 2. The lowest BCUT2D eigenvalue weighted by Gasteiger charge is -2.08. The van der Waals surface area contributed by atoms with Crippen LogP contribution in [0.25, 0.3) is 10.9 Å². The number of carbonyl (C=O) groups is 1. The average Bonchev–Trinajstić information content (AvgIpc) is 2.84. The summed E-state index contributed by atoms with van der Waals surface area (Å²) in [5, 5.41) is 10.7. The van der Waals surface area contributed by atoms with Gasteiger partial charge in [0, 0.05) is 24.1 Å². The standard InChI is InChI=1S/C14H19N3O2/c1-10(2)19-7-3-6-15-14(18)11-4-5-12-9-16-17-13(12)8-11/h4-5,8-10H,3,6-7H2,1-2H3,(H,15,18)(H,16,17). The van der Waals surface area contributed by atoms with Crippen LogP contribution in [0, 0.1) is 0 Å². The Kier molecular flexibility index (Phi) is 4.52. The quantitative estimate of drug-likeness (QED) is 0.783. The van der Waals surface area contributed by atoms with Gasteiger partial charge in [-0.3, -0.25) is 9.89 Å². The van der Waals surface area contributed by atoms with Crippen LogP contribution in [-0.2, 0) is 4.74 Å². The molecule has 5 nitrogen and oxygen atoms in total. The van der Waals surface area contributed by atoms with E-state index in [2.05, 4.69) is 15.5 Å². The Balaban J connectivity index is 1.82. The summed E-state index contributed by atoms with van der Waals surface area (Å²) in [7, 11) is 0. The Hall–Kier alpha value is -1.88. The monoisotopic (exact) mass is 261 g/mol. The van der Waals surface area contributed by atoms with E-state index in [4.69, 9.17) is 4.74 Å². The van der Waals surface area contributed by atoms with Gasteiger partial charge in [-0.25, -0.2) is 0 Å². The van der Waals surface area contributed by atoms with Gasteiger partial charge in [-0.05, 0) is 32.4 Å². The minimum absolute atomic E-state index is 0.0685. The number of rotatable bonds is 6. The van der Waals surface area contributed by atoms with Crippen LogP contribution < -0.4 is 5.32 Å². The molecule has 2 rings (SSSR count). The minimum Gasteiger partial charge on any atom is -0.379 e. The van der Waals surface area contributed by atoms with E-state index in [0.717, 1.165) is 17.3 Å². The summed E-state index contributed by atoms with van der Waals surface area (Å²) in [5.74, 6) is -0.0685. The number of fused-ring (bicyclic) bond motifs is 1. The molecule has 5 heteroatoms. The molecule has 1 amide bonds. The van der Waals surface area contributed by atoms with E-state index in [1.165, 1.54) is 0 Å². The van der Waals surface area contributed by atoms with E-state index in [0.29, 0.717) is 18.7 Å². The SMILES string of the molecule is CC(C)OCCCNC(=O)c1ccc2cn[nH]c2c1. The molecule has 19 heavy (non-hydrogen) atoms. The van der Waals surface area contributed by atoms with Gasteiger partial charge in [-0.15, -0.1) is 0 Å². The molecule has 1 aromatic heterocycles. The van der Waals surface area contributed by atoms with Crippen LogP contribution >= 0.6 is 0 Å². The highest BCUT2D eigenvalue weighted by Crippen LogP contribution is 2.12. The maximum Gasteiger partial charge on any atom is 0.251 e. The number of aromatic nitrogens is 2. The molecular formula is C14H19N3O2. The maximum absolute atomic E-state index is 11.9. The molecule has 0 atom stereocenters. The number of nitrogens with zero attached hydrogens (tertiary/aromatic N) is 1. The van der Waals surface area contributed by atoms with Crippen molar-refractivity contribution in [3.8, 4) is 0 Å². The predicted molar refractivity (Wildman–Crippen MR) is 74.1 cm³/mol. The molecule has 0 bridgehead atoms. The number of aromatic amines is 1. The Morgan fingerprint density at radius 3 is 3.11 bits per heavy atom. The van der Waals surface area contributed by atoms with Crippen molar-refractivity contribution in [3.05, 3.63) is 30.0 Å². The smallest absolute Gasteiger partial charge is 0.251 e. The van der Waals surface area contributed by atoms with Crippen molar-refractivity contribution in [1.29, 1.82) is 0 Å². The highest BCUT2D eigenvalue weighted by atomic mass is 16.5. The summed E-state index contributed by atoms with van der Waals surface area (Å²) >= 11 is 0. The predicted octanol–water partition coefficient (Wildman–Crippen LogP) is 2.11. The minimum atomic E-state index is -0.0685. The summed E-state index contributed by atoms with van der Waals surface area (Å²) in [6, 6.07) is 5.50. The van der Waals surface area contributed by atoms with Gasteiger partial charge >= 0.3 is 0 Å². The summed E-state index contributed by atoms with van der Waals surface area (Å²) in [6.45, 7) is 5.28.